The molecule has 4 bridgehead atoms. The maximum atomic E-state index is 14.4. The quantitative estimate of drug-likeness (QED) is 0.346. The van der Waals surface area contributed by atoms with E-state index in [-0.39, 0.29) is 0 Å². The molecule has 0 aliphatic heterocycles. The maximum Gasteiger partial charge on any atom is 0.339 e. The van der Waals surface area contributed by atoms with Crippen molar-refractivity contribution in [1.29, 1.82) is 0 Å². The van der Waals surface area contributed by atoms with Crippen molar-refractivity contribution in [3.05, 3.63) is 0 Å². The SMILES string of the molecule is FC1(Cl)C2(F)C(F)(F)[C@@]3(F)C(F)(F)C1(Cl)C(F)(F)[C@@](F)(C2(F)F)C3(F)F. The Balaban J connectivity index is 2.71. The first kappa shape index (κ1) is 20.3. The van der Waals surface area contributed by atoms with Gasteiger partial charge in [0, 0.05) is 0 Å². The molecule has 4 aliphatic rings. The Kier molecular flexibility index (Phi) is 3.02. The monoisotopic (exact) mass is 456 g/mol. The summed E-state index contributed by atoms with van der Waals surface area (Å²) in [7, 11) is 0. The molecule has 4 aliphatic carbocycles. The van der Waals surface area contributed by atoms with Gasteiger partial charge in [-0.1, -0.05) is 11.6 Å². The summed E-state index contributed by atoms with van der Waals surface area (Å²) in [6.45, 7) is 0. The summed E-state index contributed by atoms with van der Waals surface area (Å²) in [6.07, 6.45) is 0. The van der Waals surface area contributed by atoms with E-state index in [1.54, 1.807) is 0 Å². The van der Waals surface area contributed by atoms with Gasteiger partial charge < -0.3 is 0 Å². The molecular weight excluding hydrogens is 457 g/mol. The molecule has 152 valence electrons. The summed E-state index contributed by atoms with van der Waals surface area (Å²) in [4.78, 5) is -6.42. The molecule has 0 N–H and O–H groups in total. The average Bonchev–Trinajstić information content (AvgIpc) is 2.46. The zero-order chi connectivity index (χ0) is 21.0. The molecule has 4 rings (SSSR count). The van der Waals surface area contributed by atoms with Gasteiger partial charge in [0.15, 0.2) is 0 Å². The van der Waals surface area contributed by atoms with Gasteiger partial charge in [0.2, 0.25) is 4.87 Å². The van der Waals surface area contributed by atoms with E-state index in [2.05, 4.69) is 23.2 Å². The van der Waals surface area contributed by atoms with Crippen molar-refractivity contribution in [1.82, 2.24) is 0 Å². The molecule has 0 aromatic rings. The first-order valence-electron chi connectivity index (χ1n) is 6.02. The summed E-state index contributed by atoms with van der Waals surface area (Å²) < 4.78 is 196. The van der Waals surface area contributed by atoms with Crippen LogP contribution in [-0.2, 0) is 0 Å². The Morgan fingerprint density at radius 1 is 0.346 bits per heavy atom. The van der Waals surface area contributed by atoms with E-state index < -0.39 is 56.6 Å². The van der Waals surface area contributed by atoms with Crippen LogP contribution in [0.4, 0.5) is 61.5 Å². The van der Waals surface area contributed by atoms with Crippen molar-refractivity contribution in [2.45, 2.75) is 56.6 Å². The molecule has 5 atom stereocenters. The van der Waals surface area contributed by atoms with E-state index in [0.29, 0.717) is 0 Å². The summed E-state index contributed by atoms with van der Waals surface area (Å²) >= 11 is 8.52. The minimum Gasteiger partial charge on any atom is -0.225 e. The second-order valence-corrected chi connectivity index (χ2v) is 7.17. The minimum atomic E-state index is -7.65. The lowest BCUT2D eigenvalue weighted by atomic mass is 9.42. The number of hydrogen-bond donors (Lipinski definition) is 0. The molecule has 0 aromatic carbocycles. The highest BCUT2D eigenvalue weighted by atomic mass is 35.5. The van der Waals surface area contributed by atoms with Crippen molar-refractivity contribution in [3.8, 4) is 0 Å². The number of rotatable bonds is 0. The summed E-state index contributed by atoms with van der Waals surface area (Å²) in [5, 5.41) is -6.51. The predicted octanol–water partition coefficient (Wildman–Crippen LogP) is 5.21. The molecule has 3 unspecified atom stereocenters. The van der Waals surface area contributed by atoms with Crippen LogP contribution in [0.25, 0.3) is 0 Å². The van der Waals surface area contributed by atoms with Gasteiger partial charge >= 0.3 is 41.0 Å². The molecule has 16 heteroatoms. The third-order valence-corrected chi connectivity index (χ3v) is 6.57. The van der Waals surface area contributed by atoms with Crippen LogP contribution >= 0.6 is 23.2 Å². The fourth-order valence-corrected chi connectivity index (χ4v) is 4.66. The van der Waals surface area contributed by atoms with E-state index >= 15 is 0 Å². The zero-order valence-corrected chi connectivity index (χ0v) is 12.6. The van der Waals surface area contributed by atoms with Gasteiger partial charge in [0.05, 0.1) is 0 Å². The van der Waals surface area contributed by atoms with Gasteiger partial charge in [-0.3, -0.25) is 0 Å². The molecular formula is C10Cl2F14. The van der Waals surface area contributed by atoms with E-state index in [9.17, 15) is 61.5 Å². The zero-order valence-electron chi connectivity index (χ0n) is 11.0. The maximum absolute atomic E-state index is 14.4. The molecule has 4 fully saturated rings. The van der Waals surface area contributed by atoms with Crippen LogP contribution < -0.4 is 0 Å². The summed E-state index contributed by atoms with van der Waals surface area (Å²) in [6, 6.07) is 0. The van der Waals surface area contributed by atoms with Gasteiger partial charge in [0.1, 0.15) is 0 Å². The Hall–Kier alpha value is -0.400. The first-order chi connectivity index (χ1) is 11.0. The van der Waals surface area contributed by atoms with Gasteiger partial charge in [-0.15, -0.1) is 11.6 Å². The smallest absolute Gasteiger partial charge is 0.225 e. The lowest BCUT2D eigenvalue weighted by molar-refractivity contribution is -0.561. The molecule has 0 radical (unpaired) electrons. The lowest BCUT2D eigenvalue weighted by Crippen LogP contribution is -3.08. The summed E-state index contributed by atoms with van der Waals surface area (Å²) in [5.41, 5.74) is -22.0. The van der Waals surface area contributed by atoms with Gasteiger partial charge in [-0.2, -0.15) is 26.3 Å². The molecule has 0 aromatic heterocycles. The predicted molar refractivity (Wildman–Crippen MR) is 54.5 cm³/mol. The highest BCUT2D eigenvalue weighted by Gasteiger charge is 3.22. The van der Waals surface area contributed by atoms with E-state index in [4.69, 9.17) is 0 Å². The first-order valence-corrected chi connectivity index (χ1v) is 6.78. The Morgan fingerprint density at radius 3 is 0.846 bits per heavy atom. The Morgan fingerprint density at radius 2 is 0.577 bits per heavy atom. The standard InChI is InChI=1S/C10Cl2F14/c11-1-5(12,16)2(13)8(21,22)3(14,6(1,17)18)10(25,26)4(15,7(1,19)20)9(2,23)24/t1?,2?,3-,4+,5?. The van der Waals surface area contributed by atoms with Crippen molar-refractivity contribution >= 4 is 23.2 Å². The van der Waals surface area contributed by atoms with Crippen LogP contribution in [0.5, 0.6) is 0 Å². The molecule has 0 saturated heterocycles. The van der Waals surface area contributed by atoms with E-state index in [1.165, 1.54) is 0 Å². The van der Waals surface area contributed by atoms with Crippen LogP contribution in [0.1, 0.15) is 0 Å². The third-order valence-electron chi connectivity index (χ3n) is 5.19. The van der Waals surface area contributed by atoms with E-state index in [1.807, 2.05) is 0 Å². The minimum absolute atomic E-state index is 4.19. The molecule has 4 saturated carbocycles. The second-order valence-electron chi connectivity index (χ2n) is 6.08. The van der Waals surface area contributed by atoms with Crippen molar-refractivity contribution in [3.63, 3.8) is 0 Å². The van der Waals surface area contributed by atoms with Crippen molar-refractivity contribution in [2.75, 3.05) is 0 Å². The molecule has 0 spiro atoms. The molecule has 26 heavy (non-hydrogen) atoms. The van der Waals surface area contributed by atoms with Crippen LogP contribution in [0.3, 0.4) is 0 Å². The van der Waals surface area contributed by atoms with Gasteiger partial charge in [-0.05, 0) is 0 Å². The van der Waals surface area contributed by atoms with Gasteiger partial charge in [-0.25, -0.2) is 35.1 Å². The Labute approximate surface area is 142 Å². The number of hydrogen-bond acceptors (Lipinski definition) is 0. The highest BCUT2D eigenvalue weighted by Crippen LogP contribution is 2.89. The summed E-state index contributed by atoms with van der Waals surface area (Å²) in [5.74, 6) is -37.2. The third kappa shape index (κ3) is 1.04. The second kappa shape index (κ2) is 3.86. The largest absolute Gasteiger partial charge is 0.339 e. The number of alkyl halides is 16. The van der Waals surface area contributed by atoms with E-state index in [0.717, 1.165) is 0 Å². The van der Waals surface area contributed by atoms with Crippen LogP contribution in [0, 0.1) is 0 Å². The van der Waals surface area contributed by atoms with Crippen LogP contribution in [-0.4, -0.2) is 56.6 Å². The number of halogens is 16. The molecule has 0 heterocycles. The average molecular weight is 457 g/mol. The molecule has 0 amide bonds. The van der Waals surface area contributed by atoms with Crippen molar-refractivity contribution < 1.29 is 61.5 Å². The van der Waals surface area contributed by atoms with Crippen LogP contribution in [0.2, 0.25) is 0 Å². The topological polar surface area (TPSA) is 0 Å². The van der Waals surface area contributed by atoms with Crippen LogP contribution in [0.15, 0.2) is 0 Å². The Bertz CT molecular complexity index is 515. The fourth-order valence-electron chi connectivity index (χ4n) is 3.79. The van der Waals surface area contributed by atoms with Gasteiger partial charge in [0.25, 0.3) is 10.8 Å². The fraction of sp³-hybridized carbons (Fsp3) is 1.00. The normalized spacial score (nSPS) is 57.2. The van der Waals surface area contributed by atoms with Crippen molar-refractivity contribution in [2.24, 2.45) is 0 Å². The lowest BCUT2D eigenvalue weighted by Gasteiger charge is -2.74. The highest BCUT2D eigenvalue weighted by molar-refractivity contribution is 6.37. The molecule has 0 nitrogen and oxygen atoms in total.